The van der Waals surface area contributed by atoms with Gasteiger partial charge in [-0.1, -0.05) is 179 Å². The number of carbonyl (C=O) groups excluding carboxylic acids is 14. The Kier molecular flexibility index (Phi) is 39.6. The maximum atomic E-state index is 15.2. The van der Waals surface area contributed by atoms with E-state index < -0.39 is 203 Å². The van der Waals surface area contributed by atoms with Crippen molar-refractivity contribution >= 4 is 82.6 Å². The van der Waals surface area contributed by atoms with E-state index in [9.17, 15) is 57.8 Å². The number of ketones is 1. The molecule has 0 saturated carbocycles. The molecular weight excluding hydrogens is 1390 g/mol. The van der Waals surface area contributed by atoms with Crippen LogP contribution in [0.2, 0.25) is 0 Å². The molecule has 1 aromatic carbocycles. The lowest BCUT2D eigenvalue weighted by molar-refractivity contribution is -0.157. The monoisotopic (exact) mass is 1520 g/mol. The summed E-state index contributed by atoms with van der Waals surface area (Å²) in [7, 11) is 1.35. The second-order valence-corrected chi connectivity index (χ2v) is 31.6. The number of rotatable bonds is 36. The number of hydrogen-bond acceptors (Lipinski definition) is 17. The van der Waals surface area contributed by atoms with Gasteiger partial charge in [-0.15, -0.1) is 0 Å². The highest BCUT2D eigenvalue weighted by molar-refractivity contribution is 6.03. The van der Waals surface area contributed by atoms with Crippen molar-refractivity contribution < 1.29 is 77.0 Å². The van der Waals surface area contributed by atoms with Gasteiger partial charge in [-0.25, -0.2) is 4.79 Å². The predicted octanol–water partition coefficient (Wildman–Crippen LogP) is 4.05. The lowest BCUT2D eigenvalue weighted by atomic mass is 9.90. The summed E-state index contributed by atoms with van der Waals surface area (Å²) < 4.78 is 6.03. The zero-order valence-electron chi connectivity index (χ0n) is 67.8. The van der Waals surface area contributed by atoms with Gasteiger partial charge in [-0.05, 0) is 112 Å². The topological polar surface area (TPSA) is 421 Å². The van der Waals surface area contributed by atoms with Gasteiger partial charge in [0.15, 0.2) is 5.78 Å². The lowest BCUT2D eigenvalue weighted by Crippen LogP contribution is -2.63. The number of aliphatic hydroxyl groups is 1. The normalized spacial score (nSPS) is 22.4. The molecule has 0 aromatic heterocycles. The molecule has 29 heteroatoms. The fourth-order valence-electron chi connectivity index (χ4n) is 13.1. The first-order valence-electron chi connectivity index (χ1n) is 39.1. The summed E-state index contributed by atoms with van der Waals surface area (Å²) in [6, 6.07) is -5.93. The number of allylic oxidation sites excluding steroid dienone is 1. The number of esters is 1. The number of unbranched alkanes of at least 4 members (excludes halogenated alkanes) is 2. The first-order chi connectivity index (χ1) is 50.7. The zero-order valence-corrected chi connectivity index (χ0v) is 67.8. The van der Waals surface area contributed by atoms with Gasteiger partial charge < -0.3 is 78.5 Å². The van der Waals surface area contributed by atoms with Crippen LogP contribution in [0.25, 0.3) is 0 Å². The van der Waals surface area contributed by atoms with E-state index in [1.165, 1.54) is 38.8 Å². The first-order valence-corrected chi connectivity index (χ1v) is 39.1. The molecule has 2 saturated heterocycles. The smallest absolute Gasteiger partial charge is 0.329 e. The van der Waals surface area contributed by atoms with Crippen LogP contribution in [0.5, 0.6) is 0 Å². The molecular formula is C79H131N13O16. The van der Waals surface area contributed by atoms with Crippen molar-refractivity contribution in [1.29, 1.82) is 0 Å². The van der Waals surface area contributed by atoms with Gasteiger partial charge in [0.1, 0.15) is 72.2 Å². The number of likely N-dealkylation sites (tertiary alicyclic amines) is 1. The molecule has 0 aliphatic carbocycles. The van der Waals surface area contributed by atoms with Crippen molar-refractivity contribution in [3.05, 3.63) is 47.7 Å². The van der Waals surface area contributed by atoms with Gasteiger partial charge in [-0.2, -0.15) is 0 Å². The average Bonchev–Trinajstić information content (AvgIpc) is 1.24. The van der Waals surface area contributed by atoms with Crippen LogP contribution in [0.4, 0.5) is 0 Å². The Labute approximate surface area is 640 Å². The Hall–Kier alpha value is -8.34. The van der Waals surface area contributed by atoms with Gasteiger partial charge in [0.05, 0.1) is 12.1 Å². The fourth-order valence-corrected chi connectivity index (χ4v) is 13.1. The number of hydrogen-bond donors (Lipinski definition) is 12. The summed E-state index contributed by atoms with van der Waals surface area (Å²) in [5, 5.41) is 38.3. The molecule has 3 rings (SSSR count). The summed E-state index contributed by atoms with van der Waals surface area (Å²) >= 11 is 0. The molecule has 13 N–H and O–H groups in total. The minimum Gasteiger partial charge on any atom is -0.458 e. The highest BCUT2D eigenvalue weighted by Crippen LogP contribution is 2.27. The van der Waals surface area contributed by atoms with E-state index in [4.69, 9.17) is 10.5 Å². The minimum atomic E-state index is -1.81. The quantitative estimate of drug-likeness (QED) is 0.0256. The van der Waals surface area contributed by atoms with E-state index >= 15 is 14.4 Å². The first kappa shape index (κ1) is 93.9. The number of cyclic esters (lactones) is 1. The summed E-state index contributed by atoms with van der Waals surface area (Å²) in [4.78, 5) is 205. The Bertz CT molecular complexity index is 3230. The molecule has 608 valence electrons. The van der Waals surface area contributed by atoms with E-state index in [1.807, 2.05) is 13.8 Å². The van der Waals surface area contributed by atoms with Crippen molar-refractivity contribution in [2.75, 3.05) is 20.1 Å². The SMILES string of the molecule is C/C=C1/C(=O)N[C@@H](C(C)C)C(=O)O[C@@H](C)[C@@H](NC(=O)C(NC(=O)[C@H](CCCCCN)CC(=O)C2CCCN2C(=O)[C@H](NC(=O)[C@@H](NC(=O)C(NC(=O)[C@H](NC(=O)CCCC(C)C)C(C)C)[C@@H](C)O)C(C)C)C(C)C)[C@@H](C)CC)C(=O)NC([C@@H](C)CC)C(=O)N[C@H](C(C)C)C(=O)N[C@@H](Cc2ccccc2)C(=O)N1C. The predicted molar refractivity (Wildman–Crippen MR) is 410 cm³/mol. The van der Waals surface area contributed by atoms with Crippen LogP contribution in [0, 0.1) is 53.3 Å². The Morgan fingerprint density at radius 2 is 1.17 bits per heavy atom. The zero-order chi connectivity index (χ0) is 81.7. The largest absolute Gasteiger partial charge is 0.458 e. The van der Waals surface area contributed by atoms with Crippen LogP contribution >= 0.6 is 0 Å². The molecule has 29 nitrogen and oxygen atoms in total. The highest BCUT2D eigenvalue weighted by atomic mass is 16.5. The van der Waals surface area contributed by atoms with Gasteiger partial charge in [0.25, 0.3) is 5.91 Å². The summed E-state index contributed by atoms with van der Waals surface area (Å²) in [6.45, 7) is 32.4. The molecule has 12 amide bonds. The number of nitrogens with zero attached hydrogens (tertiary/aromatic N) is 2. The second kappa shape index (κ2) is 45.6. The molecule has 0 bridgehead atoms. The third kappa shape index (κ3) is 28.3. The van der Waals surface area contributed by atoms with Crippen molar-refractivity contribution in [3.8, 4) is 0 Å². The number of ether oxygens (including phenoxy) is 1. The number of aliphatic hydroxyl groups excluding tert-OH is 1. The number of nitrogens with one attached hydrogen (secondary N) is 10. The molecule has 4 unspecified atom stereocenters. The third-order valence-electron chi connectivity index (χ3n) is 20.5. The van der Waals surface area contributed by atoms with E-state index in [2.05, 4.69) is 53.2 Å². The lowest BCUT2D eigenvalue weighted by Gasteiger charge is -2.33. The Morgan fingerprint density at radius 1 is 0.620 bits per heavy atom. The highest BCUT2D eigenvalue weighted by Gasteiger charge is 2.45. The summed E-state index contributed by atoms with van der Waals surface area (Å²) in [5.41, 5.74) is 6.36. The maximum absolute atomic E-state index is 15.2. The van der Waals surface area contributed by atoms with Gasteiger partial charge in [-0.3, -0.25) is 62.3 Å². The van der Waals surface area contributed by atoms with Gasteiger partial charge >= 0.3 is 5.97 Å². The van der Waals surface area contributed by atoms with Crippen LogP contribution in [0.1, 0.15) is 214 Å². The van der Waals surface area contributed by atoms with Crippen LogP contribution in [-0.4, -0.2) is 196 Å². The molecule has 16 atom stereocenters. The number of benzene rings is 1. The maximum Gasteiger partial charge on any atom is 0.329 e. The van der Waals surface area contributed by atoms with E-state index in [0.29, 0.717) is 56.6 Å². The Morgan fingerprint density at radius 3 is 1.70 bits per heavy atom. The van der Waals surface area contributed by atoms with Crippen LogP contribution < -0.4 is 58.9 Å². The number of Topliss-reactive ketones (excluding diaryl/α,β-unsaturated/α-hetero) is 1. The molecule has 2 heterocycles. The molecule has 2 aliphatic heterocycles. The van der Waals surface area contributed by atoms with Crippen molar-refractivity contribution in [2.24, 2.45) is 59.0 Å². The molecule has 1 aromatic rings. The standard InChI is InChI=1S/C79H131N13O16/c1-21-48(16)64(74(102)90-67-51(19)108-79(107)63(47(14)15)86-69(97)55(23-3)91(20)77(105)54(40-52-33-26-24-27-34-52)81-70(98)60(44(8)9)83-73(101)65(49(17)22-2)88-76(67)104)87-68(96)53(35-28-25-29-38-80)41-57(94)56-36-31-39-92(56)78(106)62(46(12)13)85-72(100)61(45(10)11)84-75(103)66(50(18)93)89-71(99)59(43(6)7)82-58(95)37-30-32-42(4)5/h23-24,26-27,33-34,42-51,53-54,56,59-67,93H,21-22,25,28-32,35-41,80H2,1-20H3,(H,81,98)(H,82,95)(H,83,101)(H,84,103)(H,85,100)(H,86,97)(H,87,96)(H,88,104)(H,89,99)(H,90,102)/b55-23-/t48-,49-,50+,51-,53+,54-,56?,59+,60+,61-,62+,63-,64?,65?,66?,67+/m0/s1. The van der Waals surface area contributed by atoms with E-state index in [0.717, 1.165) is 11.3 Å². The van der Waals surface area contributed by atoms with Gasteiger partial charge in [0, 0.05) is 38.8 Å². The summed E-state index contributed by atoms with van der Waals surface area (Å²) in [6.07, 6.45) is 2.52. The van der Waals surface area contributed by atoms with Crippen molar-refractivity contribution in [2.45, 2.75) is 294 Å². The second-order valence-electron chi connectivity index (χ2n) is 31.6. The van der Waals surface area contributed by atoms with Gasteiger partial charge in [0.2, 0.25) is 65.0 Å². The Balaban J connectivity index is 2.04. The molecule has 2 fully saturated rings. The number of likely N-dealkylation sites (N-methyl/N-ethyl adjacent to an activating group) is 1. The summed E-state index contributed by atoms with van der Waals surface area (Å²) in [5.74, 6) is -15.3. The third-order valence-corrected chi connectivity index (χ3v) is 20.5. The van der Waals surface area contributed by atoms with Crippen LogP contribution in [0.15, 0.2) is 42.1 Å². The number of amides is 12. The fraction of sp³-hybridized carbons (Fsp3) is 0.722. The van der Waals surface area contributed by atoms with E-state index in [-0.39, 0.29) is 56.7 Å². The van der Waals surface area contributed by atoms with E-state index in [1.54, 1.807) is 127 Å². The molecule has 2 aliphatic rings. The van der Waals surface area contributed by atoms with Crippen molar-refractivity contribution in [3.63, 3.8) is 0 Å². The molecule has 108 heavy (non-hydrogen) atoms. The average molecular weight is 1520 g/mol. The van der Waals surface area contributed by atoms with Crippen molar-refractivity contribution in [1.82, 2.24) is 63.0 Å². The number of nitrogens with two attached hydrogens (primary N) is 1. The number of carbonyl (C=O) groups is 14. The van der Waals surface area contributed by atoms with Crippen LogP contribution in [0.3, 0.4) is 0 Å². The van der Waals surface area contributed by atoms with Crippen LogP contribution in [-0.2, 0) is 78.3 Å². The molecule has 0 radical (unpaired) electrons. The molecule has 0 spiro atoms. The minimum absolute atomic E-state index is 0.0202.